The Kier molecular flexibility index (Phi) is 4.88. The summed E-state index contributed by atoms with van der Waals surface area (Å²) in [5.41, 5.74) is 8.26. The van der Waals surface area contributed by atoms with Crippen LogP contribution < -0.4 is 11.2 Å². The maximum Gasteiger partial charge on any atom is 0.293 e. The zero-order valence-corrected chi connectivity index (χ0v) is 14.2. The lowest BCUT2D eigenvalue weighted by molar-refractivity contribution is 0.0948. The lowest BCUT2D eigenvalue weighted by Crippen LogP contribution is -2.21. The van der Waals surface area contributed by atoms with Crippen molar-refractivity contribution < 1.29 is 18.2 Å². The molecule has 1 aromatic carbocycles. The summed E-state index contributed by atoms with van der Waals surface area (Å²) < 4.78 is 32.2. The highest BCUT2D eigenvalue weighted by molar-refractivity contribution is 5.94. The van der Waals surface area contributed by atoms with E-state index in [0.29, 0.717) is 11.8 Å². The number of nitrogens with zero attached hydrogens (tertiary/aromatic N) is 6. The summed E-state index contributed by atoms with van der Waals surface area (Å²) in [5, 5.41) is 18.5. The van der Waals surface area contributed by atoms with Gasteiger partial charge in [0.1, 0.15) is 11.6 Å². The van der Waals surface area contributed by atoms with Crippen LogP contribution in [0, 0.1) is 11.6 Å². The molecule has 0 aliphatic rings. The molecule has 0 aliphatic carbocycles. The van der Waals surface area contributed by atoms with Crippen molar-refractivity contribution in [3.05, 3.63) is 46.8 Å². The molecule has 1 amide bonds. The quantitative estimate of drug-likeness (QED) is 0.507. The molecule has 2 heterocycles. The zero-order chi connectivity index (χ0) is 19.6. The number of halogens is 2. The van der Waals surface area contributed by atoms with Crippen molar-refractivity contribution >= 4 is 17.9 Å². The van der Waals surface area contributed by atoms with Crippen LogP contribution in [0.15, 0.2) is 27.9 Å². The molecule has 0 bridgehead atoms. The molecule has 0 radical (unpaired) electrons. The van der Waals surface area contributed by atoms with Gasteiger partial charge in [0, 0.05) is 11.6 Å². The van der Waals surface area contributed by atoms with Gasteiger partial charge in [-0.05, 0) is 28.4 Å². The van der Waals surface area contributed by atoms with Crippen LogP contribution in [-0.2, 0) is 0 Å². The Morgan fingerprint density at radius 2 is 2.15 bits per heavy atom. The molecule has 3 aromatic rings. The maximum absolute atomic E-state index is 13.6. The van der Waals surface area contributed by atoms with Gasteiger partial charge in [-0.25, -0.2) is 18.8 Å². The molecule has 3 rings (SSSR count). The van der Waals surface area contributed by atoms with Crippen LogP contribution in [-0.4, -0.2) is 37.4 Å². The molecule has 0 fully saturated rings. The third-order valence-corrected chi connectivity index (χ3v) is 3.50. The van der Waals surface area contributed by atoms with E-state index >= 15 is 0 Å². The van der Waals surface area contributed by atoms with Crippen molar-refractivity contribution in [2.45, 2.75) is 19.8 Å². The minimum atomic E-state index is -0.809. The van der Waals surface area contributed by atoms with E-state index in [1.807, 2.05) is 13.8 Å². The summed E-state index contributed by atoms with van der Waals surface area (Å²) in [5.74, 6) is -2.31. The Balaban J connectivity index is 1.84. The molecule has 10 nitrogen and oxygen atoms in total. The van der Waals surface area contributed by atoms with E-state index in [2.05, 4.69) is 35.8 Å². The highest BCUT2D eigenvalue weighted by atomic mass is 19.1. The molecule has 0 aliphatic heterocycles. The van der Waals surface area contributed by atoms with E-state index in [4.69, 9.17) is 5.73 Å². The van der Waals surface area contributed by atoms with E-state index in [-0.39, 0.29) is 28.8 Å². The maximum atomic E-state index is 13.6. The molecule has 2 aromatic heterocycles. The number of rotatable bonds is 5. The SMILES string of the molecule is CC(C)c1c(C(=O)N/N=C\c2ccc(F)cc2F)nnn1-c1nonc1N. The third kappa shape index (κ3) is 3.63. The highest BCUT2D eigenvalue weighted by Crippen LogP contribution is 2.22. The normalized spacial score (nSPS) is 11.4. The van der Waals surface area contributed by atoms with Gasteiger partial charge >= 0.3 is 0 Å². The molecular formula is C15H14F2N8O2. The fraction of sp³-hybridized carbons (Fsp3) is 0.200. The topological polar surface area (TPSA) is 137 Å². The number of amides is 1. The Hall–Kier alpha value is -3.70. The van der Waals surface area contributed by atoms with Gasteiger partial charge in [-0.1, -0.05) is 19.1 Å². The van der Waals surface area contributed by atoms with E-state index in [9.17, 15) is 13.6 Å². The minimum Gasteiger partial charge on any atom is -0.378 e. The number of carbonyl (C=O) groups excluding carboxylic acids is 1. The smallest absolute Gasteiger partial charge is 0.293 e. The number of anilines is 1. The summed E-state index contributed by atoms with van der Waals surface area (Å²) >= 11 is 0. The second kappa shape index (κ2) is 7.27. The van der Waals surface area contributed by atoms with Crippen molar-refractivity contribution in [3.8, 4) is 5.82 Å². The van der Waals surface area contributed by atoms with Crippen LogP contribution in [0.3, 0.4) is 0 Å². The number of nitrogen functional groups attached to an aromatic ring is 1. The number of nitrogens with two attached hydrogens (primary N) is 1. The highest BCUT2D eigenvalue weighted by Gasteiger charge is 2.25. The van der Waals surface area contributed by atoms with E-state index < -0.39 is 17.5 Å². The second-order valence-corrected chi connectivity index (χ2v) is 5.73. The van der Waals surface area contributed by atoms with Crippen LogP contribution in [0.4, 0.5) is 14.6 Å². The standard InChI is InChI=1S/C15H14F2N8O2/c1-7(2)12-11(20-24-25(12)14-13(18)22-27-23-14)15(26)21-19-6-8-3-4-9(16)5-10(8)17/h3-7H,1-2H3,(H2,18,22)(H,21,26)/b19-6-. The number of hydrogen-bond donors (Lipinski definition) is 2. The summed E-state index contributed by atoms with van der Waals surface area (Å²) in [7, 11) is 0. The van der Waals surface area contributed by atoms with Crippen LogP contribution in [0.25, 0.3) is 5.82 Å². The average molecular weight is 376 g/mol. The largest absolute Gasteiger partial charge is 0.378 e. The van der Waals surface area contributed by atoms with E-state index in [1.54, 1.807) is 0 Å². The van der Waals surface area contributed by atoms with Crippen LogP contribution >= 0.6 is 0 Å². The molecule has 0 saturated carbocycles. The van der Waals surface area contributed by atoms with Gasteiger partial charge in [0.05, 0.1) is 11.9 Å². The van der Waals surface area contributed by atoms with E-state index in [0.717, 1.165) is 12.3 Å². The molecule has 3 N–H and O–H groups in total. The molecule has 12 heteroatoms. The number of hydrogen-bond acceptors (Lipinski definition) is 8. The third-order valence-electron chi connectivity index (χ3n) is 3.50. The van der Waals surface area contributed by atoms with Gasteiger partial charge in [-0.15, -0.1) is 5.10 Å². The number of hydrazone groups is 1. The average Bonchev–Trinajstić information content (AvgIpc) is 3.22. The molecule has 0 atom stereocenters. The first-order chi connectivity index (χ1) is 12.9. The van der Waals surface area contributed by atoms with E-state index in [1.165, 1.54) is 10.7 Å². The number of aromatic nitrogens is 5. The lowest BCUT2D eigenvalue weighted by atomic mass is 10.1. The molecule has 0 unspecified atom stereocenters. The van der Waals surface area contributed by atoms with Crippen molar-refractivity contribution in [2.24, 2.45) is 5.10 Å². The van der Waals surface area contributed by atoms with Gasteiger partial charge in [-0.2, -0.15) is 9.78 Å². The summed E-state index contributed by atoms with van der Waals surface area (Å²) in [6.45, 7) is 3.62. The van der Waals surface area contributed by atoms with Crippen LogP contribution in [0.5, 0.6) is 0 Å². The van der Waals surface area contributed by atoms with Gasteiger partial charge in [0.2, 0.25) is 11.6 Å². The lowest BCUT2D eigenvalue weighted by Gasteiger charge is -2.08. The Labute approximate surface area is 151 Å². The first kappa shape index (κ1) is 18.1. The second-order valence-electron chi connectivity index (χ2n) is 5.73. The van der Waals surface area contributed by atoms with Crippen molar-refractivity contribution in [1.82, 2.24) is 30.7 Å². The number of benzene rings is 1. The van der Waals surface area contributed by atoms with Crippen LogP contribution in [0.1, 0.15) is 41.5 Å². The van der Waals surface area contributed by atoms with Gasteiger partial charge < -0.3 is 5.73 Å². The molecular weight excluding hydrogens is 362 g/mol. The van der Waals surface area contributed by atoms with Crippen molar-refractivity contribution in [3.63, 3.8) is 0 Å². The molecule has 0 saturated heterocycles. The first-order valence-corrected chi connectivity index (χ1v) is 7.71. The zero-order valence-electron chi connectivity index (χ0n) is 14.2. The predicted molar refractivity (Wildman–Crippen MR) is 89.1 cm³/mol. The first-order valence-electron chi connectivity index (χ1n) is 7.71. The van der Waals surface area contributed by atoms with Gasteiger partial charge in [-0.3, -0.25) is 4.79 Å². The molecule has 140 valence electrons. The van der Waals surface area contributed by atoms with Crippen molar-refractivity contribution in [1.29, 1.82) is 0 Å². The number of nitrogens with one attached hydrogen (secondary N) is 1. The fourth-order valence-electron chi connectivity index (χ4n) is 2.28. The Morgan fingerprint density at radius 3 is 2.78 bits per heavy atom. The predicted octanol–water partition coefficient (Wildman–Crippen LogP) is 1.40. The van der Waals surface area contributed by atoms with Gasteiger partial charge in [0.25, 0.3) is 5.91 Å². The Morgan fingerprint density at radius 1 is 1.37 bits per heavy atom. The molecule has 0 spiro atoms. The molecule has 27 heavy (non-hydrogen) atoms. The van der Waals surface area contributed by atoms with Gasteiger partial charge in [0.15, 0.2) is 5.69 Å². The fourth-order valence-corrected chi connectivity index (χ4v) is 2.28. The minimum absolute atomic E-state index is 0.00545. The Bertz CT molecular complexity index is 1010. The van der Waals surface area contributed by atoms with Crippen molar-refractivity contribution in [2.75, 3.05) is 5.73 Å². The summed E-state index contributed by atoms with van der Waals surface area (Å²) in [4.78, 5) is 12.4. The monoisotopic (exact) mass is 376 g/mol. The summed E-state index contributed by atoms with van der Waals surface area (Å²) in [6, 6.07) is 2.98. The number of carbonyl (C=O) groups is 1. The van der Waals surface area contributed by atoms with Crippen LogP contribution in [0.2, 0.25) is 0 Å². The summed E-state index contributed by atoms with van der Waals surface area (Å²) in [6.07, 6.45) is 1.05.